The van der Waals surface area contributed by atoms with Gasteiger partial charge in [0.2, 0.25) is 0 Å². The van der Waals surface area contributed by atoms with Crippen molar-refractivity contribution in [1.82, 2.24) is 0 Å². The van der Waals surface area contributed by atoms with Crippen LogP contribution in [0.3, 0.4) is 0 Å². The lowest BCUT2D eigenvalue weighted by atomic mass is 10.1. The zero-order valence-electron chi connectivity index (χ0n) is 11.2. The van der Waals surface area contributed by atoms with Crippen molar-refractivity contribution in [2.75, 3.05) is 7.11 Å². The first-order valence-electron chi connectivity index (χ1n) is 6.44. The number of ether oxygens (including phenoxy) is 2. The first-order chi connectivity index (χ1) is 9.85. The maximum atomic E-state index is 5.71. The van der Waals surface area contributed by atoms with Crippen molar-refractivity contribution < 1.29 is 14.3 Å². The maximum Gasteiger partial charge on any atom is 0.271 e. The van der Waals surface area contributed by atoms with Crippen molar-refractivity contribution in [3.05, 3.63) is 65.7 Å². The van der Waals surface area contributed by atoms with E-state index in [0.717, 1.165) is 16.9 Å². The molecule has 0 radical (unpaired) electrons. The highest BCUT2D eigenvalue weighted by Gasteiger charge is 2.23. The average Bonchev–Trinajstić information content (AvgIpc) is 2.97. The van der Waals surface area contributed by atoms with E-state index < -0.39 is 0 Å². The molecular formula is C16H15NO3. The second-order valence-corrected chi connectivity index (χ2v) is 4.47. The summed E-state index contributed by atoms with van der Waals surface area (Å²) in [4.78, 5) is 5.31. The fraction of sp³-hybridized carbons (Fsp3) is 0.188. The third-order valence-corrected chi connectivity index (χ3v) is 3.08. The minimum absolute atomic E-state index is 0.366. The van der Waals surface area contributed by atoms with Crippen LogP contribution in [0.2, 0.25) is 0 Å². The van der Waals surface area contributed by atoms with Gasteiger partial charge in [0.05, 0.1) is 7.11 Å². The number of rotatable bonds is 4. The van der Waals surface area contributed by atoms with Crippen LogP contribution in [0.25, 0.3) is 0 Å². The van der Waals surface area contributed by atoms with Crippen molar-refractivity contribution in [2.45, 2.75) is 12.7 Å². The number of methoxy groups -OCH3 is 1. The number of hydrogen-bond acceptors (Lipinski definition) is 4. The fourth-order valence-corrected chi connectivity index (χ4v) is 2.01. The second kappa shape index (κ2) is 5.65. The molecule has 0 aromatic heterocycles. The molecule has 0 saturated carbocycles. The lowest BCUT2D eigenvalue weighted by Crippen LogP contribution is -2.15. The SMILES string of the molecule is COc1ccc(C2=NO[C@H](Cc3ccccc3)O2)cc1. The minimum Gasteiger partial charge on any atom is -0.497 e. The molecule has 4 heteroatoms. The molecule has 0 aliphatic carbocycles. The molecule has 3 rings (SSSR count). The van der Waals surface area contributed by atoms with Crippen molar-refractivity contribution >= 4 is 5.90 Å². The first-order valence-corrected chi connectivity index (χ1v) is 6.44. The molecule has 1 aliphatic heterocycles. The van der Waals surface area contributed by atoms with E-state index in [2.05, 4.69) is 5.16 Å². The van der Waals surface area contributed by atoms with Gasteiger partial charge >= 0.3 is 0 Å². The van der Waals surface area contributed by atoms with Gasteiger partial charge in [-0.05, 0) is 35.0 Å². The molecule has 0 fully saturated rings. The van der Waals surface area contributed by atoms with Gasteiger partial charge in [-0.2, -0.15) is 0 Å². The standard InChI is InChI=1S/C16H15NO3/c1-18-14-9-7-13(8-10-14)16-17-20-15(19-16)11-12-5-3-2-4-6-12/h2-10,15H,11H2,1H3/t15-/m1/s1. The normalized spacial score (nSPS) is 17.1. The van der Waals surface area contributed by atoms with E-state index in [0.29, 0.717) is 12.3 Å². The van der Waals surface area contributed by atoms with Crippen LogP contribution in [-0.2, 0) is 16.0 Å². The molecule has 4 nitrogen and oxygen atoms in total. The van der Waals surface area contributed by atoms with Crippen LogP contribution in [0, 0.1) is 0 Å². The Morgan fingerprint density at radius 3 is 2.50 bits per heavy atom. The Hall–Kier alpha value is -2.49. The Morgan fingerprint density at radius 2 is 1.80 bits per heavy atom. The summed E-state index contributed by atoms with van der Waals surface area (Å²) in [6.45, 7) is 0. The molecule has 2 aromatic carbocycles. The summed E-state index contributed by atoms with van der Waals surface area (Å²) in [6.07, 6.45) is 0.304. The predicted molar refractivity (Wildman–Crippen MR) is 75.6 cm³/mol. The first kappa shape index (κ1) is 12.5. The third-order valence-electron chi connectivity index (χ3n) is 3.08. The van der Waals surface area contributed by atoms with Gasteiger partial charge in [-0.25, -0.2) is 0 Å². The predicted octanol–water partition coefficient (Wildman–Crippen LogP) is 2.97. The van der Waals surface area contributed by atoms with Gasteiger partial charge in [-0.1, -0.05) is 30.3 Å². The van der Waals surface area contributed by atoms with Crippen LogP contribution in [0.4, 0.5) is 0 Å². The average molecular weight is 269 g/mol. The van der Waals surface area contributed by atoms with Crippen LogP contribution in [-0.4, -0.2) is 19.3 Å². The van der Waals surface area contributed by atoms with E-state index in [1.165, 1.54) is 0 Å². The van der Waals surface area contributed by atoms with E-state index in [1.54, 1.807) is 7.11 Å². The summed E-state index contributed by atoms with van der Waals surface area (Å²) < 4.78 is 10.8. The molecule has 0 unspecified atom stereocenters. The number of benzene rings is 2. The molecule has 1 heterocycles. The molecular weight excluding hydrogens is 254 g/mol. The van der Waals surface area contributed by atoms with Gasteiger partial charge in [0.15, 0.2) is 0 Å². The van der Waals surface area contributed by atoms with Gasteiger partial charge in [-0.15, -0.1) is 0 Å². The lowest BCUT2D eigenvalue weighted by Gasteiger charge is -2.09. The molecule has 2 aromatic rings. The monoisotopic (exact) mass is 269 g/mol. The summed E-state index contributed by atoms with van der Waals surface area (Å²) in [5, 5.41) is 3.99. The topological polar surface area (TPSA) is 40.0 Å². The Kier molecular flexibility index (Phi) is 3.54. The molecule has 102 valence electrons. The molecule has 20 heavy (non-hydrogen) atoms. The molecule has 1 atom stereocenters. The summed E-state index contributed by atoms with van der Waals surface area (Å²) >= 11 is 0. The van der Waals surface area contributed by atoms with Crippen LogP contribution in [0.15, 0.2) is 59.8 Å². The van der Waals surface area contributed by atoms with Crippen molar-refractivity contribution in [3.63, 3.8) is 0 Å². The molecule has 0 amide bonds. The van der Waals surface area contributed by atoms with E-state index >= 15 is 0 Å². The van der Waals surface area contributed by atoms with Crippen LogP contribution < -0.4 is 4.74 Å². The summed E-state index contributed by atoms with van der Waals surface area (Å²) in [6, 6.07) is 17.6. The van der Waals surface area contributed by atoms with E-state index in [4.69, 9.17) is 14.3 Å². The summed E-state index contributed by atoms with van der Waals surface area (Å²) in [5.41, 5.74) is 2.03. The summed E-state index contributed by atoms with van der Waals surface area (Å²) in [5.74, 6) is 1.31. The van der Waals surface area contributed by atoms with Gasteiger partial charge in [-0.3, -0.25) is 0 Å². The Morgan fingerprint density at radius 1 is 1.05 bits per heavy atom. The number of oxime groups is 1. The van der Waals surface area contributed by atoms with Gasteiger partial charge in [0, 0.05) is 12.0 Å². The zero-order chi connectivity index (χ0) is 13.8. The third kappa shape index (κ3) is 2.74. The van der Waals surface area contributed by atoms with Crippen molar-refractivity contribution in [1.29, 1.82) is 0 Å². The highest BCUT2D eigenvalue weighted by molar-refractivity contribution is 5.94. The molecule has 1 aliphatic rings. The van der Waals surface area contributed by atoms with Gasteiger partial charge in [0.1, 0.15) is 5.75 Å². The van der Waals surface area contributed by atoms with Crippen molar-refractivity contribution in [3.8, 4) is 5.75 Å². The minimum atomic E-state index is -0.366. The van der Waals surface area contributed by atoms with Crippen LogP contribution in [0.1, 0.15) is 11.1 Å². The highest BCUT2D eigenvalue weighted by atomic mass is 16.8. The molecule has 0 spiro atoms. The van der Waals surface area contributed by atoms with E-state index in [-0.39, 0.29) is 6.29 Å². The van der Waals surface area contributed by atoms with Gasteiger partial charge < -0.3 is 14.3 Å². The zero-order valence-corrected chi connectivity index (χ0v) is 11.2. The smallest absolute Gasteiger partial charge is 0.271 e. The fourth-order valence-electron chi connectivity index (χ4n) is 2.01. The van der Waals surface area contributed by atoms with Gasteiger partial charge in [0.25, 0.3) is 12.2 Å². The van der Waals surface area contributed by atoms with Crippen LogP contribution in [0.5, 0.6) is 5.75 Å². The highest BCUT2D eigenvalue weighted by Crippen LogP contribution is 2.19. The number of nitrogens with zero attached hydrogens (tertiary/aromatic N) is 1. The quantitative estimate of drug-likeness (QED) is 0.856. The second-order valence-electron chi connectivity index (χ2n) is 4.47. The lowest BCUT2D eigenvalue weighted by molar-refractivity contribution is -0.0457. The molecule has 0 N–H and O–H groups in total. The Bertz CT molecular complexity index is 593. The largest absolute Gasteiger partial charge is 0.497 e. The Labute approximate surface area is 117 Å². The summed E-state index contributed by atoms with van der Waals surface area (Å²) in [7, 11) is 1.64. The molecule has 0 bridgehead atoms. The van der Waals surface area contributed by atoms with Crippen molar-refractivity contribution in [2.24, 2.45) is 5.16 Å². The maximum absolute atomic E-state index is 5.71. The van der Waals surface area contributed by atoms with E-state index in [9.17, 15) is 0 Å². The van der Waals surface area contributed by atoms with E-state index in [1.807, 2.05) is 54.6 Å². The van der Waals surface area contributed by atoms with Crippen LogP contribution >= 0.6 is 0 Å². The number of hydrogen-bond donors (Lipinski definition) is 0. The molecule has 0 saturated heterocycles. The Balaban J connectivity index is 1.63.